The standard InChI is InChI=1S/C11H18N4O2/c1-8(7-17-3)4-14-11(16)9-5-13-6-10(12-2)15-9/h5-6,8H,4,7H2,1-3H3,(H,12,15)(H,14,16). The number of rotatable bonds is 6. The van der Waals surface area contributed by atoms with Crippen LogP contribution in [-0.4, -0.2) is 43.2 Å². The van der Waals surface area contributed by atoms with Gasteiger partial charge in [0.2, 0.25) is 0 Å². The summed E-state index contributed by atoms with van der Waals surface area (Å²) < 4.78 is 4.99. The highest BCUT2D eigenvalue weighted by atomic mass is 16.5. The zero-order valence-corrected chi connectivity index (χ0v) is 10.4. The van der Waals surface area contributed by atoms with E-state index in [1.807, 2.05) is 6.92 Å². The van der Waals surface area contributed by atoms with Crippen molar-refractivity contribution < 1.29 is 9.53 Å². The van der Waals surface area contributed by atoms with Crippen LogP contribution >= 0.6 is 0 Å². The summed E-state index contributed by atoms with van der Waals surface area (Å²) in [5.74, 6) is 0.615. The molecule has 1 atom stereocenters. The third kappa shape index (κ3) is 4.36. The molecular weight excluding hydrogens is 220 g/mol. The van der Waals surface area contributed by atoms with E-state index in [9.17, 15) is 4.79 Å². The smallest absolute Gasteiger partial charge is 0.271 e. The highest BCUT2D eigenvalue weighted by Gasteiger charge is 2.09. The van der Waals surface area contributed by atoms with Crippen molar-refractivity contribution in [2.75, 3.05) is 32.6 Å². The van der Waals surface area contributed by atoms with Gasteiger partial charge in [0.25, 0.3) is 5.91 Å². The summed E-state index contributed by atoms with van der Waals surface area (Å²) in [6.07, 6.45) is 3.00. The van der Waals surface area contributed by atoms with Gasteiger partial charge in [0.1, 0.15) is 11.5 Å². The SMILES string of the molecule is CNc1cncc(C(=O)NCC(C)COC)n1. The van der Waals surface area contributed by atoms with Crippen molar-refractivity contribution in [3.8, 4) is 0 Å². The van der Waals surface area contributed by atoms with E-state index in [1.165, 1.54) is 6.20 Å². The van der Waals surface area contributed by atoms with Crippen molar-refractivity contribution in [3.63, 3.8) is 0 Å². The van der Waals surface area contributed by atoms with E-state index in [-0.39, 0.29) is 11.8 Å². The fourth-order valence-electron chi connectivity index (χ4n) is 1.30. The summed E-state index contributed by atoms with van der Waals surface area (Å²) in [6, 6.07) is 0. The molecule has 17 heavy (non-hydrogen) atoms. The predicted molar refractivity (Wildman–Crippen MR) is 65.0 cm³/mol. The van der Waals surface area contributed by atoms with E-state index < -0.39 is 0 Å². The number of methoxy groups -OCH3 is 1. The molecule has 94 valence electrons. The van der Waals surface area contributed by atoms with E-state index in [2.05, 4.69) is 20.6 Å². The zero-order chi connectivity index (χ0) is 12.7. The molecule has 1 rings (SSSR count). The van der Waals surface area contributed by atoms with Crippen molar-refractivity contribution in [2.24, 2.45) is 5.92 Å². The molecule has 1 aromatic heterocycles. The summed E-state index contributed by atoms with van der Waals surface area (Å²) in [5, 5.41) is 5.62. The molecule has 0 saturated heterocycles. The lowest BCUT2D eigenvalue weighted by Gasteiger charge is -2.11. The quantitative estimate of drug-likeness (QED) is 0.756. The van der Waals surface area contributed by atoms with Crippen LogP contribution in [0.5, 0.6) is 0 Å². The average molecular weight is 238 g/mol. The summed E-state index contributed by atoms with van der Waals surface area (Å²) in [6.45, 7) is 3.17. The van der Waals surface area contributed by atoms with Crippen molar-refractivity contribution in [2.45, 2.75) is 6.92 Å². The van der Waals surface area contributed by atoms with Gasteiger partial charge in [0, 0.05) is 20.7 Å². The molecule has 1 heterocycles. The number of carbonyl (C=O) groups is 1. The van der Waals surface area contributed by atoms with Gasteiger partial charge in [-0.2, -0.15) is 0 Å². The summed E-state index contributed by atoms with van der Waals surface area (Å²) in [7, 11) is 3.37. The predicted octanol–water partition coefficient (Wildman–Crippen LogP) is 0.531. The number of hydrogen-bond acceptors (Lipinski definition) is 5. The Hall–Kier alpha value is -1.69. The second-order valence-electron chi connectivity index (χ2n) is 3.81. The second kappa shape index (κ2) is 6.80. The number of nitrogens with zero attached hydrogens (tertiary/aromatic N) is 2. The lowest BCUT2D eigenvalue weighted by molar-refractivity contribution is 0.0929. The van der Waals surface area contributed by atoms with E-state index >= 15 is 0 Å². The molecule has 6 heteroatoms. The van der Waals surface area contributed by atoms with Gasteiger partial charge in [-0.1, -0.05) is 6.92 Å². The van der Waals surface area contributed by atoms with Crippen LogP contribution < -0.4 is 10.6 Å². The fourth-order valence-corrected chi connectivity index (χ4v) is 1.30. The van der Waals surface area contributed by atoms with E-state index in [1.54, 1.807) is 20.4 Å². The number of hydrogen-bond donors (Lipinski definition) is 2. The van der Waals surface area contributed by atoms with Crippen LogP contribution in [0.1, 0.15) is 17.4 Å². The molecule has 0 aliphatic rings. The van der Waals surface area contributed by atoms with Crippen LogP contribution in [0.4, 0.5) is 5.82 Å². The maximum absolute atomic E-state index is 11.7. The molecule has 0 saturated carbocycles. The Bertz CT molecular complexity index is 370. The first-order valence-electron chi connectivity index (χ1n) is 5.44. The van der Waals surface area contributed by atoms with Crippen molar-refractivity contribution >= 4 is 11.7 Å². The van der Waals surface area contributed by atoms with Crippen LogP contribution in [0.25, 0.3) is 0 Å². The average Bonchev–Trinajstić information content (AvgIpc) is 2.36. The van der Waals surface area contributed by atoms with Crippen LogP contribution in [0.2, 0.25) is 0 Å². The Kier molecular flexibility index (Phi) is 5.35. The summed E-state index contributed by atoms with van der Waals surface area (Å²) in [5.41, 5.74) is 0.307. The number of ether oxygens (including phenoxy) is 1. The van der Waals surface area contributed by atoms with Gasteiger partial charge < -0.3 is 15.4 Å². The minimum Gasteiger partial charge on any atom is -0.384 e. The third-order valence-corrected chi connectivity index (χ3v) is 2.19. The third-order valence-electron chi connectivity index (χ3n) is 2.19. The number of anilines is 1. The fraction of sp³-hybridized carbons (Fsp3) is 0.545. The molecule has 1 unspecified atom stereocenters. The van der Waals surface area contributed by atoms with Crippen LogP contribution in [0.15, 0.2) is 12.4 Å². The number of aromatic nitrogens is 2. The van der Waals surface area contributed by atoms with Gasteiger partial charge in [-0.25, -0.2) is 4.98 Å². The molecule has 0 aromatic carbocycles. The molecule has 0 fully saturated rings. The van der Waals surface area contributed by atoms with Crippen molar-refractivity contribution in [1.82, 2.24) is 15.3 Å². The van der Waals surface area contributed by atoms with Gasteiger partial charge in [0.15, 0.2) is 0 Å². The lowest BCUT2D eigenvalue weighted by atomic mass is 10.2. The Morgan fingerprint density at radius 2 is 2.29 bits per heavy atom. The van der Waals surface area contributed by atoms with Gasteiger partial charge >= 0.3 is 0 Å². The Labute approximate surface area is 101 Å². The van der Waals surface area contributed by atoms with Gasteiger partial charge in [-0.3, -0.25) is 9.78 Å². The molecule has 0 aliphatic carbocycles. The van der Waals surface area contributed by atoms with Crippen LogP contribution in [0, 0.1) is 5.92 Å². The maximum Gasteiger partial charge on any atom is 0.271 e. The normalized spacial score (nSPS) is 11.9. The topological polar surface area (TPSA) is 76.1 Å². The molecule has 0 aliphatic heterocycles. The largest absolute Gasteiger partial charge is 0.384 e. The van der Waals surface area contributed by atoms with E-state index in [4.69, 9.17) is 4.74 Å². The minimum absolute atomic E-state index is 0.224. The second-order valence-corrected chi connectivity index (χ2v) is 3.81. The maximum atomic E-state index is 11.7. The number of carbonyl (C=O) groups excluding carboxylic acids is 1. The van der Waals surface area contributed by atoms with Crippen molar-refractivity contribution in [3.05, 3.63) is 18.1 Å². The molecule has 0 bridgehead atoms. The van der Waals surface area contributed by atoms with Crippen LogP contribution in [0.3, 0.4) is 0 Å². The molecule has 1 aromatic rings. The van der Waals surface area contributed by atoms with E-state index in [0.29, 0.717) is 24.7 Å². The first-order valence-corrected chi connectivity index (χ1v) is 5.44. The van der Waals surface area contributed by atoms with Gasteiger partial charge in [0.05, 0.1) is 19.0 Å². The first kappa shape index (κ1) is 13.4. The molecule has 0 radical (unpaired) electrons. The van der Waals surface area contributed by atoms with Gasteiger partial charge in [-0.15, -0.1) is 0 Å². The monoisotopic (exact) mass is 238 g/mol. The highest BCUT2D eigenvalue weighted by molar-refractivity contribution is 5.92. The first-order chi connectivity index (χ1) is 8.17. The highest BCUT2D eigenvalue weighted by Crippen LogP contribution is 2.01. The molecule has 2 N–H and O–H groups in total. The zero-order valence-electron chi connectivity index (χ0n) is 10.4. The lowest BCUT2D eigenvalue weighted by Crippen LogP contribution is -2.30. The minimum atomic E-state index is -0.224. The molecular formula is C11H18N4O2. The Morgan fingerprint density at radius 3 is 2.94 bits per heavy atom. The molecule has 0 spiro atoms. The Morgan fingerprint density at radius 1 is 1.53 bits per heavy atom. The molecule has 6 nitrogen and oxygen atoms in total. The van der Waals surface area contributed by atoms with Gasteiger partial charge in [-0.05, 0) is 5.92 Å². The molecule has 1 amide bonds. The number of nitrogens with one attached hydrogen (secondary N) is 2. The number of amides is 1. The van der Waals surface area contributed by atoms with E-state index in [0.717, 1.165) is 0 Å². The Balaban J connectivity index is 2.51. The van der Waals surface area contributed by atoms with Crippen LogP contribution in [-0.2, 0) is 4.74 Å². The summed E-state index contributed by atoms with van der Waals surface area (Å²) in [4.78, 5) is 19.8. The summed E-state index contributed by atoms with van der Waals surface area (Å²) >= 11 is 0. The van der Waals surface area contributed by atoms with Crippen molar-refractivity contribution in [1.29, 1.82) is 0 Å².